The number of nitrogens with zero attached hydrogens (tertiary/aromatic N) is 2. The van der Waals surface area contributed by atoms with E-state index >= 15 is 0 Å². The van der Waals surface area contributed by atoms with Crippen molar-refractivity contribution in [3.05, 3.63) is 23.5 Å². The Labute approximate surface area is 117 Å². The molecule has 0 radical (unpaired) electrons. The normalized spacial score (nSPS) is 24.2. The Kier molecular flexibility index (Phi) is 3.24. The quantitative estimate of drug-likeness (QED) is 0.829. The van der Waals surface area contributed by atoms with E-state index < -0.39 is 0 Å². The van der Waals surface area contributed by atoms with Crippen LogP contribution in [-0.2, 0) is 4.74 Å². The summed E-state index contributed by atoms with van der Waals surface area (Å²) in [5.74, 6) is -0.118. The molecule has 1 saturated heterocycles. The summed E-state index contributed by atoms with van der Waals surface area (Å²) < 4.78 is 5.62. The average Bonchev–Trinajstić information content (AvgIpc) is 2.93. The number of carbonyl (C=O) groups is 1. The van der Waals surface area contributed by atoms with Crippen LogP contribution in [-0.4, -0.2) is 52.3 Å². The summed E-state index contributed by atoms with van der Waals surface area (Å²) in [6.45, 7) is 0.792. The SMILES string of the molecule is N#Cc1c[nH]c(C(=O)N2CC(CO)OCC23CCC3)c1. The molecular weight excluding hydrogens is 258 g/mol. The summed E-state index contributed by atoms with van der Waals surface area (Å²) in [6, 6.07) is 3.57. The van der Waals surface area contributed by atoms with Crippen molar-refractivity contribution in [1.82, 2.24) is 9.88 Å². The Morgan fingerprint density at radius 1 is 1.65 bits per heavy atom. The maximum absolute atomic E-state index is 12.6. The monoisotopic (exact) mass is 275 g/mol. The number of hydrogen-bond acceptors (Lipinski definition) is 4. The molecule has 2 aliphatic rings. The van der Waals surface area contributed by atoms with Gasteiger partial charge < -0.3 is 19.7 Å². The molecule has 1 aromatic rings. The first-order valence-corrected chi connectivity index (χ1v) is 6.81. The van der Waals surface area contributed by atoms with Gasteiger partial charge in [-0.05, 0) is 25.3 Å². The van der Waals surface area contributed by atoms with Gasteiger partial charge in [-0.3, -0.25) is 4.79 Å². The van der Waals surface area contributed by atoms with Crippen LogP contribution < -0.4 is 0 Å². The van der Waals surface area contributed by atoms with E-state index in [2.05, 4.69) is 4.98 Å². The second-order valence-corrected chi connectivity index (χ2v) is 5.52. The highest BCUT2D eigenvalue weighted by Gasteiger charge is 2.49. The number of ether oxygens (including phenoxy) is 1. The van der Waals surface area contributed by atoms with Crippen LogP contribution in [0.25, 0.3) is 0 Å². The van der Waals surface area contributed by atoms with E-state index in [0.717, 1.165) is 19.3 Å². The molecule has 1 unspecified atom stereocenters. The molecule has 1 spiro atoms. The zero-order valence-corrected chi connectivity index (χ0v) is 11.1. The van der Waals surface area contributed by atoms with Crippen LogP contribution in [0.1, 0.15) is 35.3 Å². The van der Waals surface area contributed by atoms with E-state index in [1.165, 1.54) is 6.20 Å². The van der Waals surface area contributed by atoms with Crippen molar-refractivity contribution in [2.75, 3.05) is 19.8 Å². The molecule has 1 aliphatic carbocycles. The molecule has 2 fully saturated rings. The summed E-state index contributed by atoms with van der Waals surface area (Å²) in [7, 11) is 0. The van der Waals surface area contributed by atoms with Gasteiger partial charge in [-0.25, -0.2) is 0 Å². The molecule has 6 nitrogen and oxygen atoms in total. The van der Waals surface area contributed by atoms with Crippen LogP contribution >= 0.6 is 0 Å². The number of carbonyl (C=O) groups excluding carboxylic acids is 1. The third-order valence-corrected chi connectivity index (χ3v) is 4.32. The lowest BCUT2D eigenvalue weighted by molar-refractivity contribution is -0.135. The van der Waals surface area contributed by atoms with Gasteiger partial charge in [0.25, 0.3) is 5.91 Å². The highest BCUT2D eigenvalue weighted by Crippen LogP contribution is 2.41. The number of rotatable bonds is 2. The lowest BCUT2D eigenvalue weighted by Crippen LogP contribution is -2.65. The summed E-state index contributed by atoms with van der Waals surface area (Å²) in [5, 5.41) is 18.1. The van der Waals surface area contributed by atoms with Crippen molar-refractivity contribution in [2.24, 2.45) is 0 Å². The molecule has 1 aromatic heterocycles. The molecule has 3 rings (SSSR count). The molecule has 2 N–H and O–H groups in total. The molecule has 0 bridgehead atoms. The Bertz CT molecular complexity index is 556. The average molecular weight is 275 g/mol. The Balaban J connectivity index is 1.84. The topological polar surface area (TPSA) is 89.4 Å². The number of aromatic amines is 1. The maximum Gasteiger partial charge on any atom is 0.270 e. The van der Waals surface area contributed by atoms with Crippen LogP contribution in [0.3, 0.4) is 0 Å². The number of aromatic nitrogens is 1. The molecule has 106 valence electrons. The van der Waals surface area contributed by atoms with Gasteiger partial charge in [0, 0.05) is 6.20 Å². The number of aliphatic hydroxyl groups excluding tert-OH is 1. The number of amides is 1. The van der Waals surface area contributed by atoms with Gasteiger partial charge in [0.1, 0.15) is 11.8 Å². The number of hydrogen-bond donors (Lipinski definition) is 2. The smallest absolute Gasteiger partial charge is 0.270 e. The molecule has 1 atom stereocenters. The molecule has 2 heterocycles. The van der Waals surface area contributed by atoms with Gasteiger partial charge in [0.15, 0.2) is 0 Å². The van der Waals surface area contributed by atoms with Crippen molar-refractivity contribution in [1.29, 1.82) is 5.26 Å². The largest absolute Gasteiger partial charge is 0.394 e. The van der Waals surface area contributed by atoms with Crippen LogP contribution in [0.2, 0.25) is 0 Å². The van der Waals surface area contributed by atoms with E-state index in [0.29, 0.717) is 24.4 Å². The Hall–Kier alpha value is -1.84. The summed E-state index contributed by atoms with van der Waals surface area (Å²) >= 11 is 0. The van der Waals surface area contributed by atoms with Crippen LogP contribution in [0, 0.1) is 11.3 Å². The van der Waals surface area contributed by atoms with Crippen LogP contribution in [0.4, 0.5) is 0 Å². The lowest BCUT2D eigenvalue weighted by atomic mass is 9.74. The number of nitriles is 1. The molecule has 6 heteroatoms. The number of morpholine rings is 1. The molecule has 0 aromatic carbocycles. The van der Waals surface area contributed by atoms with Gasteiger partial charge in [-0.1, -0.05) is 0 Å². The zero-order chi connectivity index (χ0) is 14.2. The zero-order valence-electron chi connectivity index (χ0n) is 11.1. The highest BCUT2D eigenvalue weighted by atomic mass is 16.5. The Morgan fingerprint density at radius 2 is 2.45 bits per heavy atom. The van der Waals surface area contributed by atoms with Crippen molar-refractivity contribution in [3.8, 4) is 6.07 Å². The molecule has 1 aliphatic heterocycles. The second-order valence-electron chi connectivity index (χ2n) is 5.52. The molecular formula is C14H17N3O3. The van der Waals surface area contributed by atoms with E-state index in [-0.39, 0.29) is 24.2 Å². The standard InChI is InChI=1S/C14H17N3O3/c15-5-10-4-12(16-6-10)13(19)17-7-11(8-18)20-9-14(17)2-1-3-14/h4,6,11,16,18H,1-3,7-9H2. The Morgan fingerprint density at radius 3 is 3.00 bits per heavy atom. The van der Waals surface area contributed by atoms with E-state index in [1.807, 2.05) is 11.0 Å². The molecule has 20 heavy (non-hydrogen) atoms. The lowest BCUT2D eigenvalue weighted by Gasteiger charge is -2.54. The predicted octanol–water partition coefficient (Wildman–Crippen LogP) is 0.642. The third kappa shape index (κ3) is 1.99. The van der Waals surface area contributed by atoms with Gasteiger partial charge >= 0.3 is 0 Å². The van der Waals surface area contributed by atoms with Crippen LogP contribution in [0.5, 0.6) is 0 Å². The van der Waals surface area contributed by atoms with E-state index in [4.69, 9.17) is 10.00 Å². The van der Waals surface area contributed by atoms with E-state index in [9.17, 15) is 9.90 Å². The van der Waals surface area contributed by atoms with Crippen LogP contribution in [0.15, 0.2) is 12.3 Å². The minimum atomic E-state index is -0.324. The first-order valence-electron chi connectivity index (χ1n) is 6.81. The molecule has 1 saturated carbocycles. The first kappa shape index (κ1) is 13.2. The van der Waals surface area contributed by atoms with Crippen molar-refractivity contribution in [3.63, 3.8) is 0 Å². The first-order chi connectivity index (χ1) is 9.68. The minimum Gasteiger partial charge on any atom is -0.394 e. The summed E-state index contributed by atoms with van der Waals surface area (Å²) in [6.07, 6.45) is 4.16. The fourth-order valence-electron chi connectivity index (χ4n) is 2.94. The number of nitrogens with one attached hydrogen (secondary N) is 1. The minimum absolute atomic E-state index is 0.0893. The number of aliphatic hydroxyl groups is 1. The van der Waals surface area contributed by atoms with Gasteiger partial charge in [0.05, 0.1) is 37.0 Å². The van der Waals surface area contributed by atoms with Gasteiger partial charge in [-0.15, -0.1) is 0 Å². The second kappa shape index (κ2) is 4.93. The van der Waals surface area contributed by atoms with Gasteiger partial charge in [-0.2, -0.15) is 5.26 Å². The van der Waals surface area contributed by atoms with Crippen molar-refractivity contribution < 1.29 is 14.6 Å². The molecule has 1 amide bonds. The number of H-pyrrole nitrogens is 1. The van der Waals surface area contributed by atoms with Crippen molar-refractivity contribution >= 4 is 5.91 Å². The summed E-state index contributed by atoms with van der Waals surface area (Å²) in [4.78, 5) is 17.3. The summed E-state index contributed by atoms with van der Waals surface area (Å²) in [5.41, 5.74) is 0.648. The highest BCUT2D eigenvalue weighted by molar-refractivity contribution is 5.93. The predicted molar refractivity (Wildman–Crippen MR) is 70.0 cm³/mol. The maximum atomic E-state index is 12.6. The fraction of sp³-hybridized carbons (Fsp3) is 0.571. The fourth-order valence-corrected chi connectivity index (χ4v) is 2.94. The third-order valence-electron chi connectivity index (χ3n) is 4.32. The van der Waals surface area contributed by atoms with Crippen molar-refractivity contribution in [2.45, 2.75) is 30.9 Å². The van der Waals surface area contributed by atoms with Gasteiger partial charge in [0.2, 0.25) is 0 Å². The van der Waals surface area contributed by atoms with E-state index in [1.54, 1.807) is 6.07 Å².